The number of hydrazine groups is 1. The Hall–Kier alpha value is -1.71. The molecular formula is C16H21N3. The molecule has 0 bridgehead atoms. The Kier molecular flexibility index (Phi) is 5.07. The van der Waals surface area contributed by atoms with E-state index < -0.39 is 0 Å². The fourth-order valence-corrected chi connectivity index (χ4v) is 2.26. The highest BCUT2D eigenvalue weighted by Gasteiger charge is 2.11. The standard InChI is InChI=1S/C16H21N3/c1-2-6-13-7-5-8-14(11-13)16(19-17)12-15-9-3-4-10-18-15/h3-5,7-11,16,19H,2,6,12,17H2,1H3. The molecule has 0 aliphatic rings. The van der Waals surface area contributed by atoms with Crippen LogP contribution in [0.4, 0.5) is 0 Å². The Morgan fingerprint density at radius 1 is 1.21 bits per heavy atom. The Balaban J connectivity index is 2.15. The van der Waals surface area contributed by atoms with Crippen molar-refractivity contribution in [3.8, 4) is 0 Å². The molecule has 0 aliphatic heterocycles. The Morgan fingerprint density at radius 3 is 2.79 bits per heavy atom. The van der Waals surface area contributed by atoms with Gasteiger partial charge in [0.15, 0.2) is 0 Å². The van der Waals surface area contributed by atoms with E-state index in [0.29, 0.717) is 0 Å². The Morgan fingerprint density at radius 2 is 2.11 bits per heavy atom. The third-order valence-corrected chi connectivity index (χ3v) is 3.23. The van der Waals surface area contributed by atoms with Gasteiger partial charge < -0.3 is 0 Å². The predicted molar refractivity (Wildman–Crippen MR) is 78.4 cm³/mol. The van der Waals surface area contributed by atoms with Crippen molar-refractivity contribution in [1.82, 2.24) is 10.4 Å². The zero-order valence-electron chi connectivity index (χ0n) is 11.3. The highest BCUT2D eigenvalue weighted by Crippen LogP contribution is 2.18. The minimum absolute atomic E-state index is 0.103. The molecule has 0 radical (unpaired) electrons. The van der Waals surface area contributed by atoms with Crippen molar-refractivity contribution in [1.29, 1.82) is 0 Å². The van der Waals surface area contributed by atoms with Crippen molar-refractivity contribution in [2.24, 2.45) is 5.84 Å². The lowest BCUT2D eigenvalue weighted by Crippen LogP contribution is -2.29. The van der Waals surface area contributed by atoms with Crippen LogP contribution in [0.15, 0.2) is 48.7 Å². The summed E-state index contributed by atoms with van der Waals surface area (Å²) in [5.74, 6) is 5.70. The average molecular weight is 255 g/mol. The molecule has 1 heterocycles. The number of nitrogens with zero attached hydrogens (tertiary/aromatic N) is 1. The molecule has 1 atom stereocenters. The molecule has 0 saturated carbocycles. The van der Waals surface area contributed by atoms with Crippen molar-refractivity contribution < 1.29 is 0 Å². The first-order valence-electron chi connectivity index (χ1n) is 6.78. The summed E-state index contributed by atoms with van der Waals surface area (Å²) >= 11 is 0. The van der Waals surface area contributed by atoms with Gasteiger partial charge in [0.2, 0.25) is 0 Å². The van der Waals surface area contributed by atoms with Gasteiger partial charge in [0.25, 0.3) is 0 Å². The Labute approximate surface area is 114 Å². The van der Waals surface area contributed by atoms with E-state index in [1.807, 2.05) is 24.4 Å². The first kappa shape index (κ1) is 13.7. The van der Waals surface area contributed by atoms with E-state index in [4.69, 9.17) is 5.84 Å². The first-order chi connectivity index (χ1) is 9.33. The monoisotopic (exact) mass is 255 g/mol. The zero-order valence-corrected chi connectivity index (χ0v) is 11.3. The topological polar surface area (TPSA) is 50.9 Å². The lowest BCUT2D eigenvalue weighted by Gasteiger charge is -2.17. The SMILES string of the molecule is CCCc1cccc(C(Cc2ccccn2)NN)c1. The fourth-order valence-electron chi connectivity index (χ4n) is 2.26. The highest BCUT2D eigenvalue weighted by molar-refractivity contribution is 5.27. The number of hydrogen-bond donors (Lipinski definition) is 2. The van der Waals surface area contributed by atoms with Gasteiger partial charge in [-0.15, -0.1) is 0 Å². The van der Waals surface area contributed by atoms with Crippen LogP contribution < -0.4 is 11.3 Å². The molecule has 0 saturated heterocycles. The minimum atomic E-state index is 0.103. The summed E-state index contributed by atoms with van der Waals surface area (Å²) in [5.41, 5.74) is 6.53. The number of rotatable bonds is 6. The van der Waals surface area contributed by atoms with Crippen molar-refractivity contribution in [3.63, 3.8) is 0 Å². The van der Waals surface area contributed by atoms with Crippen molar-refractivity contribution >= 4 is 0 Å². The maximum atomic E-state index is 5.70. The van der Waals surface area contributed by atoms with E-state index in [1.165, 1.54) is 11.1 Å². The van der Waals surface area contributed by atoms with Gasteiger partial charge in [-0.25, -0.2) is 0 Å². The number of pyridine rings is 1. The smallest absolute Gasteiger partial charge is 0.0515 e. The molecule has 3 N–H and O–H groups in total. The highest BCUT2D eigenvalue weighted by atomic mass is 15.2. The second-order valence-electron chi connectivity index (χ2n) is 4.74. The van der Waals surface area contributed by atoms with Crippen LogP contribution >= 0.6 is 0 Å². The molecule has 1 aromatic heterocycles. The molecule has 0 aliphatic carbocycles. The summed E-state index contributed by atoms with van der Waals surface area (Å²) in [6.07, 6.45) is 4.88. The summed E-state index contributed by atoms with van der Waals surface area (Å²) < 4.78 is 0. The normalized spacial score (nSPS) is 12.3. The van der Waals surface area contributed by atoms with Crippen LogP contribution in [-0.4, -0.2) is 4.98 Å². The van der Waals surface area contributed by atoms with Crippen LogP contribution in [0.2, 0.25) is 0 Å². The molecule has 0 fully saturated rings. The van der Waals surface area contributed by atoms with Gasteiger partial charge in [-0.3, -0.25) is 16.3 Å². The molecular weight excluding hydrogens is 234 g/mol. The van der Waals surface area contributed by atoms with Crippen molar-refractivity contribution in [2.45, 2.75) is 32.2 Å². The number of hydrogen-bond acceptors (Lipinski definition) is 3. The molecule has 2 aromatic rings. The second kappa shape index (κ2) is 7.02. The van der Waals surface area contributed by atoms with E-state index in [2.05, 4.69) is 41.6 Å². The summed E-state index contributed by atoms with van der Waals surface area (Å²) in [6, 6.07) is 14.7. The quantitative estimate of drug-likeness (QED) is 0.616. The summed E-state index contributed by atoms with van der Waals surface area (Å²) in [6.45, 7) is 2.19. The lowest BCUT2D eigenvalue weighted by atomic mass is 9.98. The molecule has 1 unspecified atom stereocenters. The minimum Gasteiger partial charge on any atom is -0.271 e. The number of aryl methyl sites for hydroxylation is 1. The molecule has 100 valence electrons. The van der Waals surface area contributed by atoms with E-state index in [-0.39, 0.29) is 6.04 Å². The largest absolute Gasteiger partial charge is 0.271 e. The first-order valence-corrected chi connectivity index (χ1v) is 6.78. The number of nitrogens with one attached hydrogen (secondary N) is 1. The summed E-state index contributed by atoms with van der Waals surface area (Å²) in [4.78, 5) is 4.36. The lowest BCUT2D eigenvalue weighted by molar-refractivity contribution is 0.545. The molecule has 3 nitrogen and oxygen atoms in total. The predicted octanol–water partition coefficient (Wildman–Crippen LogP) is 2.78. The van der Waals surface area contributed by atoms with E-state index >= 15 is 0 Å². The molecule has 0 amide bonds. The van der Waals surface area contributed by atoms with Crippen LogP contribution in [0.5, 0.6) is 0 Å². The van der Waals surface area contributed by atoms with E-state index in [1.54, 1.807) is 0 Å². The zero-order chi connectivity index (χ0) is 13.5. The van der Waals surface area contributed by atoms with Gasteiger partial charge in [0.05, 0.1) is 6.04 Å². The fraction of sp³-hybridized carbons (Fsp3) is 0.312. The number of nitrogens with two attached hydrogens (primary N) is 1. The van der Waals surface area contributed by atoms with Crippen LogP contribution in [0, 0.1) is 0 Å². The van der Waals surface area contributed by atoms with Crippen LogP contribution in [0.25, 0.3) is 0 Å². The summed E-state index contributed by atoms with van der Waals surface area (Å²) in [7, 11) is 0. The summed E-state index contributed by atoms with van der Waals surface area (Å²) in [5, 5.41) is 0. The van der Waals surface area contributed by atoms with Gasteiger partial charge in [-0.1, -0.05) is 43.7 Å². The molecule has 2 rings (SSSR count). The molecule has 19 heavy (non-hydrogen) atoms. The van der Waals surface area contributed by atoms with Gasteiger partial charge in [-0.05, 0) is 29.7 Å². The number of aromatic nitrogens is 1. The van der Waals surface area contributed by atoms with Crippen LogP contribution in [-0.2, 0) is 12.8 Å². The Bertz CT molecular complexity index is 496. The van der Waals surface area contributed by atoms with Gasteiger partial charge in [0, 0.05) is 18.3 Å². The van der Waals surface area contributed by atoms with Crippen molar-refractivity contribution in [2.75, 3.05) is 0 Å². The van der Waals surface area contributed by atoms with Crippen molar-refractivity contribution in [3.05, 3.63) is 65.5 Å². The number of benzene rings is 1. The van der Waals surface area contributed by atoms with Crippen LogP contribution in [0.1, 0.15) is 36.2 Å². The maximum Gasteiger partial charge on any atom is 0.0515 e. The van der Waals surface area contributed by atoms with Crippen LogP contribution in [0.3, 0.4) is 0 Å². The second-order valence-corrected chi connectivity index (χ2v) is 4.74. The average Bonchev–Trinajstić information content (AvgIpc) is 2.46. The van der Waals surface area contributed by atoms with Gasteiger partial charge >= 0.3 is 0 Å². The van der Waals surface area contributed by atoms with E-state index in [9.17, 15) is 0 Å². The third-order valence-electron chi connectivity index (χ3n) is 3.23. The van der Waals surface area contributed by atoms with Gasteiger partial charge in [0.1, 0.15) is 0 Å². The maximum absolute atomic E-state index is 5.70. The van der Waals surface area contributed by atoms with E-state index in [0.717, 1.165) is 25.0 Å². The molecule has 0 spiro atoms. The van der Waals surface area contributed by atoms with Gasteiger partial charge in [-0.2, -0.15) is 0 Å². The third kappa shape index (κ3) is 3.88. The molecule has 3 heteroatoms. The molecule has 1 aromatic carbocycles.